The summed E-state index contributed by atoms with van der Waals surface area (Å²) in [4.78, 5) is 23.5. The molecular formula is C25H24F3N7O3. The SMILES string of the molecule is N=C(N)c1ccc(CC(c2nn(-c3ncccn3)c(=O)[nH]2)c2cc(OCCF)cc(OCCF)c2F)cc1. The number of nitrogen functional groups attached to an aromatic ring is 1. The van der Waals surface area contributed by atoms with Crippen molar-refractivity contribution in [2.45, 2.75) is 12.3 Å². The van der Waals surface area contributed by atoms with Crippen LogP contribution in [-0.2, 0) is 6.42 Å². The number of halogens is 3. The van der Waals surface area contributed by atoms with Crippen LogP contribution in [0.5, 0.6) is 11.5 Å². The van der Waals surface area contributed by atoms with Crippen LogP contribution in [0.2, 0.25) is 0 Å². The van der Waals surface area contributed by atoms with Crippen LogP contribution in [0.3, 0.4) is 0 Å². The Hall–Kier alpha value is -4.68. The van der Waals surface area contributed by atoms with E-state index in [0.29, 0.717) is 11.1 Å². The first kappa shape index (κ1) is 26.4. The molecule has 1 atom stereocenters. The van der Waals surface area contributed by atoms with Crippen LogP contribution in [0.25, 0.3) is 5.95 Å². The number of alkyl halides is 2. The molecule has 0 spiro atoms. The number of rotatable bonds is 12. The fourth-order valence-corrected chi connectivity index (χ4v) is 3.78. The molecule has 13 heteroatoms. The molecular weight excluding hydrogens is 503 g/mol. The van der Waals surface area contributed by atoms with Gasteiger partial charge in [-0.15, -0.1) is 9.78 Å². The van der Waals surface area contributed by atoms with Gasteiger partial charge in [-0.3, -0.25) is 10.4 Å². The Balaban J connectivity index is 1.84. The minimum absolute atomic E-state index is 0.0111. The average Bonchev–Trinajstić information content (AvgIpc) is 3.32. The van der Waals surface area contributed by atoms with Crippen molar-refractivity contribution in [2.24, 2.45) is 5.73 Å². The highest BCUT2D eigenvalue weighted by molar-refractivity contribution is 5.94. The van der Waals surface area contributed by atoms with Crippen molar-refractivity contribution in [3.63, 3.8) is 0 Å². The van der Waals surface area contributed by atoms with Gasteiger partial charge in [0.15, 0.2) is 11.6 Å². The molecule has 0 radical (unpaired) electrons. The molecule has 0 aliphatic carbocycles. The van der Waals surface area contributed by atoms with Crippen molar-refractivity contribution in [1.29, 1.82) is 5.41 Å². The number of nitrogens with two attached hydrogens (primary N) is 1. The van der Waals surface area contributed by atoms with E-state index in [0.717, 1.165) is 4.68 Å². The molecule has 0 saturated carbocycles. The van der Waals surface area contributed by atoms with E-state index in [4.69, 9.17) is 20.6 Å². The number of aromatic nitrogens is 5. The number of amidine groups is 1. The summed E-state index contributed by atoms with van der Waals surface area (Å²) < 4.78 is 52.9. The Morgan fingerprint density at radius 1 is 1.08 bits per heavy atom. The normalized spacial score (nSPS) is 11.8. The molecule has 10 nitrogen and oxygen atoms in total. The van der Waals surface area contributed by atoms with Crippen molar-refractivity contribution in [3.05, 3.63) is 93.7 Å². The second-order valence-electron chi connectivity index (χ2n) is 8.04. The van der Waals surface area contributed by atoms with E-state index in [2.05, 4.69) is 20.1 Å². The maximum absolute atomic E-state index is 15.8. The first-order chi connectivity index (χ1) is 18.4. The van der Waals surface area contributed by atoms with E-state index >= 15 is 4.39 Å². The van der Waals surface area contributed by atoms with Crippen LogP contribution in [0.15, 0.2) is 59.7 Å². The second-order valence-corrected chi connectivity index (χ2v) is 8.04. The molecule has 0 amide bonds. The Bertz CT molecular complexity index is 1440. The molecule has 2 aromatic heterocycles. The molecule has 2 aromatic carbocycles. The van der Waals surface area contributed by atoms with Crippen LogP contribution in [0.1, 0.15) is 28.4 Å². The molecule has 0 saturated heterocycles. The largest absolute Gasteiger partial charge is 0.491 e. The van der Waals surface area contributed by atoms with Gasteiger partial charge in [0, 0.05) is 29.6 Å². The zero-order valence-electron chi connectivity index (χ0n) is 20.0. The van der Waals surface area contributed by atoms with E-state index in [1.54, 1.807) is 30.3 Å². The Morgan fingerprint density at radius 2 is 1.76 bits per heavy atom. The summed E-state index contributed by atoms with van der Waals surface area (Å²) in [6.45, 7) is -2.34. The van der Waals surface area contributed by atoms with E-state index in [1.807, 2.05) is 0 Å². The molecule has 198 valence electrons. The zero-order valence-corrected chi connectivity index (χ0v) is 20.0. The summed E-state index contributed by atoms with van der Waals surface area (Å²) >= 11 is 0. The molecule has 4 rings (SSSR count). The molecule has 0 aliphatic heterocycles. The molecule has 0 fully saturated rings. The van der Waals surface area contributed by atoms with Gasteiger partial charge in [-0.25, -0.2) is 27.9 Å². The van der Waals surface area contributed by atoms with E-state index in [1.165, 1.54) is 24.5 Å². The maximum atomic E-state index is 15.8. The fraction of sp³-hybridized carbons (Fsp3) is 0.240. The molecule has 4 aromatic rings. The van der Waals surface area contributed by atoms with Crippen molar-refractivity contribution in [3.8, 4) is 17.4 Å². The van der Waals surface area contributed by atoms with Crippen LogP contribution in [-0.4, -0.2) is 57.1 Å². The van der Waals surface area contributed by atoms with Gasteiger partial charge >= 0.3 is 5.69 Å². The van der Waals surface area contributed by atoms with Gasteiger partial charge in [0.05, 0.1) is 5.92 Å². The first-order valence-corrected chi connectivity index (χ1v) is 11.5. The summed E-state index contributed by atoms with van der Waals surface area (Å²) in [5.41, 5.74) is 6.11. The van der Waals surface area contributed by atoms with Crippen molar-refractivity contribution in [1.82, 2.24) is 24.7 Å². The Kier molecular flexibility index (Phi) is 8.36. The maximum Gasteiger partial charge on any atom is 0.350 e. The topological polar surface area (TPSA) is 145 Å². The molecule has 4 N–H and O–H groups in total. The van der Waals surface area contributed by atoms with Crippen LogP contribution >= 0.6 is 0 Å². The Labute approximate surface area is 214 Å². The highest BCUT2D eigenvalue weighted by atomic mass is 19.1. The fourth-order valence-electron chi connectivity index (χ4n) is 3.78. The van der Waals surface area contributed by atoms with Gasteiger partial charge in [-0.1, -0.05) is 24.3 Å². The minimum Gasteiger partial charge on any atom is -0.491 e. The molecule has 2 heterocycles. The van der Waals surface area contributed by atoms with Gasteiger partial charge in [0.1, 0.15) is 44.0 Å². The van der Waals surface area contributed by atoms with Gasteiger partial charge in [-0.05, 0) is 24.1 Å². The quantitative estimate of drug-likeness (QED) is 0.190. The van der Waals surface area contributed by atoms with Crippen molar-refractivity contribution in [2.75, 3.05) is 26.6 Å². The summed E-state index contributed by atoms with van der Waals surface area (Å²) in [6, 6.07) is 10.8. The second kappa shape index (κ2) is 12.0. The summed E-state index contributed by atoms with van der Waals surface area (Å²) in [5.74, 6) is -1.94. The smallest absolute Gasteiger partial charge is 0.350 e. The number of hydrogen-bond acceptors (Lipinski definition) is 7. The number of nitrogens with zero attached hydrogens (tertiary/aromatic N) is 4. The number of H-pyrrole nitrogens is 1. The monoisotopic (exact) mass is 527 g/mol. The highest BCUT2D eigenvalue weighted by Crippen LogP contribution is 2.36. The van der Waals surface area contributed by atoms with Gasteiger partial charge in [0.25, 0.3) is 5.95 Å². The predicted octanol–water partition coefficient (Wildman–Crippen LogP) is 2.84. The van der Waals surface area contributed by atoms with E-state index in [-0.39, 0.29) is 47.7 Å². The van der Waals surface area contributed by atoms with Gasteiger partial charge in [0.2, 0.25) is 0 Å². The standard InChI is InChI=1S/C25H24F3N7O3/c26-6-10-37-17-13-18(21(28)20(14-17)38-11-7-27)19(12-15-2-4-16(5-3-15)22(29)30)23-33-25(36)35(34-23)24-31-8-1-9-32-24/h1-5,8-9,13-14,19H,6-7,10-12H2,(H3,29,30)(H,33,34,36). The molecule has 0 aliphatic rings. The summed E-state index contributed by atoms with van der Waals surface area (Å²) in [7, 11) is 0. The number of benzene rings is 2. The molecule has 1 unspecified atom stereocenters. The third-order valence-corrected chi connectivity index (χ3v) is 5.51. The van der Waals surface area contributed by atoms with Crippen LogP contribution < -0.4 is 20.9 Å². The lowest BCUT2D eigenvalue weighted by atomic mass is 9.90. The third-order valence-electron chi connectivity index (χ3n) is 5.51. The average molecular weight is 528 g/mol. The number of aromatic amines is 1. The van der Waals surface area contributed by atoms with E-state index in [9.17, 15) is 13.6 Å². The summed E-state index contributed by atoms with van der Waals surface area (Å²) in [6.07, 6.45) is 3.01. The third kappa shape index (κ3) is 5.99. The first-order valence-electron chi connectivity index (χ1n) is 11.5. The molecule has 38 heavy (non-hydrogen) atoms. The Morgan fingerprint density at radius 3 is 2.42 bits per heavy atom. The molecule has 0 bridgehead atoms. The highest BCUT2D eigenvalue weighted by Gasteiger charge is 2.27. The lowest BCUT2D eigenvalue weighted by molar-refractivity contribution is 0.252. The zero-order chi connectivity index (χ0) is 27.1. The van der Waals surface area contributed by atoms with Crippen molar-refractivity contribution >= 4 is 5.84 Å². The minimum atomic E-state index is -0.905. The number of hydrogen-bond donors (Lipinski definition) is 3. The predicted molar refractivity (Wildman–Crippen MR) is 132 cm³/mol. The summed E-state index contributed by atoms with van der Waals surface area (Å²) in [5, 5.41) is 11.9. The van der Waals surface area contributed by atoms with Gasteiger partial charge < -0.3 is 15.2 Å². The van der Waals surface area contributed by atoms with Gasteiger partial charge in [-0.2, -0.15) is 0 Å². The van der Waals surface area contributed by atoms with E-state index < -0.39 is 37.4 Å². The lowest BCUT2D eigenvalue weighted by Crippen LogP contribution is -2.18. The van der Waals surface area contributed by atoms with Crippen molar-refractivity contribution < 1.29 is 22.6 Å². The van der Waals surface area contributed by atoms with Crippen LogP contribution in [0.4, 0.5) is 13.2 Å². The van der Waals surface area contributed by atoms with Crippen LogP contribution in [0, 0.1) is 11.2 Å². The lowest BCUT2D eigenvalue weighted by Gasteiger charge is -2.19. The number of ether oxygens (including phenoxy) is 2. The number of nitrogens with one attached hydrogen (secondary N) is 2.